The number of likely N-dealkylation sites (tertiary alicyclic amines) is 1. The molecule has 0 bridgehead atoms. The van der Waals surface area contributed by atoms with E-state index in [4.69, 9.17) is 0 Å². The van der Waals surface area contributed by atoms with Crippen molar-refractivity contribution in [2.45, 2.75) is 30.7 Å². The molecule has 2 aliphatic heterocycles. The number of halogens is 1. The van der Waals surface area contributed by atoms with E-state index in [0.717, 1.165) is 24.4 Å². The van der Waals surface area contributed by atoms with Gasteiger partial charge in [-0.05, 0) is 56.3 Å². The quantitative estimate of drug-likeness (QED) is 0.708. The third-order valence-corrected chi connectivity index (χ3v) is 6.63. The standard InChI is InChI=1S/C23H24FN3O2S/c1-2-27-11-5-7-17(27)14-25-22(28)16-9-10-20-19(12-16)26-23(29)21(30-20)13-15-6-3-4-8-18(15)24/h3-4,6,8-10,12-13,17H,2,5,7,11,14H2,1H3,(H,25,28)(H,26,29)/b21-13+. The third kappa shape index (κ3) is 4.42. The number of hydrogen-bond acceptors (Lipinski definition) is 4. The molecule has 1 unspecified atom stereocenters. The van der Waals surface area contributed by atoms with E-state index in [9.17, 15) is 14.0 Å². The largest absolute Gasteiger partial charge is 0.350 e. The Hall–Kier alpha value is -2.64. The van der Waals surface area contributed by atoms with Crippen LogP contribution in [-0.4, -0.2) is 42.4 Å². The normalized spacial score (nSPS) is 20.1. The van der Waals surface area contributed by atoms with Crippen LogP contribution in [0, 0.1) is 5.82 Å². The van der Waals surface area contributed by atoms with E-state index in [0.29, 0.717) is 34.3 Å². The minimum absolute atomic E-state index is 0.146. The molecule has 0 radical (unpaired) electrons. The number of carbonyl (C=O) groups excluding carboxylic acids is 2. The molecule has 4 rings (SSSR count). The van der Waals surface area contributed by atoms with Crippen LogP contribution in [-0.2, 0) is 4.79 Å². The summed E-state index contributed by atoms with van der Waals surface area (Å²) in [7, 11) is 0. The molecule has 156 valence electrons. The first-order chi connectivity index (χ1) is 14.5. The SMILES string of the molecule is CCN1CCCC1CNC(=O)c1ccc2c(c1)NC(=O)/C(=C\c1ccccc1F)S2. The number of nitrogens with zero attached hydrogens (tertiary/aromatic N) is 1. The number of rotatable bonds is 5. The molecule has 2 aromatic rings. The lowest BCUT2D eigenvalue weighted by Crippen LogP contribution is -2.40. The van der Waals surface area contributed by atoms with Gasteiger partial charge in [-0.2, -0.15) is 0 Å². The highest BCUT2D eigenvalue weighted by molar-refractivity contribution is 8.04. The number of amides is 2. The van der Waals surface area contributed by atoms with Crippen molar-refractivity contribution < 1.29 is 14.0 Å². The summed E-state index contributed by atoms with van der Waals surface area (Å²) in [4.78, 5) is 28.7. The number of fused-ring (bicyclic) bond motifs is 1. The van der Waals surface area contributed by atoms with Crippen LogP contribution < -0.4 is 10.6 Å². The number of anilines is 1. The summed E-state index contributed by atoms with van der Waals surface area (Å²) in [5.41, 5.74) is 1.47. The number of carbonyl (C=O) groups is 2. The summed E-state index contributed by atoms with van der Waals surface area (Å²) in [6, 6.07) is 12.0. The molecule has 30 heavy (non-hydrogen) atoms. The molecule has 0 spiro atoms. The van der Waals surface area contributed by atoms with Gasteiger partial charge in [0.2, 0.25) is 0 Å². The Kier molecular flexibility index (Phi) is 6.20. The lowest BCUT2D eigenvalue weighted by Gasteiger charge is -2.23. The molecule has 1 saturated heterocycles. The van der Waals surface area contributed by atoms with Gasteiger partial charge in [-0.3, -0.25) is 14.5 Å². The molecule has 0 aliphatic carbocycles. The predicted octanol–water partition coefficient (Wildman–Crippen LogP) is 4.13. The van der Waals surface area contributed by atoms with Crippen LogP contribution in [0.5, 0.6) is 0 Å². The highest BCUT2D eigenvalue weighted by Gasteiger charge is 2.25. The first-order valence-electron chi connectivity index (χ1n) is 10.2. The van der Waals surface area contributed by atoms with Gasteiger partial charge in [0.15, 0.2) is 0 Å². The molecular formula is C23H24FN3O2S. The number of thioether (sulfide) groups is 1. The molecule has 2 aliphatic rings. The van der Waals surface area contributed by atoms with Gasteiger partial charge in [-0.15, -0.1) is 0 Å². The topological polar surface area (TPSA) is 61.4 Å². The highest BCUT2D eigenvalue weighted by atomic mass is 32.2. The van der Waals surface area contributed by atoms with Gasteiger partial charge in [0.25, 0.3) is 11.8 Å². The van der Waals surface area contributed by atoms with E-state index in [2.05, 4.69) is 22.5 Å². The van der Waals surface area contributed by atoms with Crippen molar-refractivity contribution in [1.82, 2.24) is 10.2 Å². The van der Waals surface area contributed by atoms with Crippen molar-refractivity contribution in [3.05, 3.63) is 64.3 Å². The van der Waals surface area contributed by atoms with E-state index < -0.39 is 0 Å². The summed E-state index contributed by atoms with van der Waals surface area (Å²) < 4.78 is 13.9. The molecule has 0 saturated carbocycles. The van der Waals surface area contributed by atoms with Crippen LogP contribution in [0.15, 0.2) is 52.3 Å². The molecule has 1 atom stereocenters. The Morgan fingerprint density at radius 2 is 2.17 bits per heavy atom. The fraction of sp³-hybridized carbons (Fsp3) is 0.304. The van der Waals surface area contributed by atoms with Gasteiger partial charge in [0.05, 0.1) is 10.6 Å². The molecular weight excluding hydrogens is 401 g/mol. The maximum Gasteiger partial charge on any atom is 0.262 e. The summed E-state index contributed by atoms with van der Waals surface area (Å²) >= 11 is 1.27. The van der Waals surface area contributed by atoms with Crippen molar-refractivity contribution in [1.29, 1.82) is 0 Å². The summed E-state index contributed by atoms with van der Waals surface area (Å²) in [5, 5.41) is 5.84. The molecule has 7 heteroatoms. The van der Waals surface area contributed by atoms with Crippen molar-refractivity contribution in [3.63, 3.8) is 0 Å². The van der Waals surface area contributed by atoms with E-state index in [1.165, 1.54) is 24.2 Å². The minimum Gasteiger partial charge on any atom is -0.350 e. The van der Waals surface area contributed by atoms with Crippen LogP contribution in [0.25, 0.3) is 6.08 Å². The first-order valence-corrected chi connectivity index (χ1v) is 11.0. The second-order valence-corrected chi connectivity index (χ2v) is 8.52. The Morgan fingerprint density at radius 3 is 2.97 bits per heavy atom. The van der Waals surface area contributed by atoms with E-state index in [1.807, 2.05) is 6.07 Å². The van der Waals surface area contributed by atoms with Gasteiger partial charge in [0, 0.05) is 28.6 Å². The fourth-order valence-electron chi connectivity index (χ4n) is 3.89. The van der Waals surface area contributed by atoms with Crippen LogP contribution in [0.4, 0.5) is 10.1 Å². The molecule has 2 amide bonds. The third-order valence-electron chi connectivity index (χ3n) is 5.53. The summed E-state index contributed by atoms with van der Waals surface area (Å²) in [6.45, 7) is 4.84. The van der Waals surface area contributed by atoms with Crippen LogP contribution >= 0.6 is 11.8 Å². The molecule has 2 N–H and O–H groups in total. The van der Waals surface area contributed by atoms with Crippen molar-refractivity contribution in [2.24, 2.45) is 0 Å². The average molecular weight is 426 g/mol. The van der Waals surface area contributed by atoms with E-state index in [-0.39, 0.29) is 17.6 Å². The fourth-order valence-corrected chi connectivity index (χ4v) is 4.81. The highest BCUT2D eigenvalue weighted by Crippen LogP contribution is 2.39. The van der Waals surface area contributed by atoms with Gasteiger partial charge in [-0.25, -0.2) is 4.39 Å². The Labute approximate surface area is 179 Å². The maximum absolute atomic E-state index is 13.9. The van der Waals surface area contributed by atoms with Gasteiger partial charge in [-0.1, -0.05) is 36.9 Å². The number of likely N-dealkylation sites (N-methyl/N-ethyl adjacent to an activating group) is 1. The summed E-state index contributed by atoms with van der Waals surface area (Å²) in [6.07, 6.45) is 3.81. The average Bonchev–Trinajstić information content (AvgIpc) is 3.21. The van der Waals surface area contributed by atoms with E-state index >= 15 is 0 Å². The molecule has 2 aromatic carbocycles. The second kappa shape index (κ2) is 9.02. The van der Waals surface area contributed by atoms with Crippen molar-refractivity contribution >= 4 is 35.3 Å². The smallest absolute Gasteiger partial charge is 0.262 e. The Balaban J connectivity index is 1.46. The molecule has 5 nitrogen and oxygen atoms in total. The first kappa shape index (κ1) is 20.6. The Bertz CT molecular complexity index is 1010. The van der Waals surface area contributed by atoms with Crippen LogP contribution in [0.2, 0.25) is 0 Å². The minimum atomic E-state index is -0.375. The lowest BCUT2D eigenvalue weighted by atomic mass is 10.1. The zero-order valence-corrected chi connectivity index (χ0v) is 17.6. The zero-order valence-electron chi connectivity index (χ0n) is 16.8. The molecule has 1 fully saturated rings. The van der Waals surface area contributed by atoms with Crippen molar-refractivity contribution in [2.75, 3.05) is 25.0 Å². The summed E-state index contributed by atoms with van der Waals surface area (Å²) in [5.74, 6) is -0.828. The maximum atomic E-state index is 13.9. The zero-order chi connectivity index (χ0) is 21.1. The molecule has 0 aromatic heterocycles. The monoisotopic (exact) mass is 425 g/mol. The predicted molar refractivity (Wildman–Crippen MR) is 118 cm³/mol. The number of hydrogen-bond donors (Lipinski definition) is 2. The number of benzene rings is 2. The van der Waals surface area contributed by atoms with Crippen LogP contribution in [0.3, 0.4) is 0 Å². The molecule has 2 heterocycles. The second-order valence-electron chi connectivity index (χ2n) is 7.43. The van der Waals surface area contributed by atoms with E-state index in [1.54, 1.807) is 36.4 Å². The van der Waals surface area contributed by atoms with Crippen LogP contribution in [0.1, 0.15) is 35.7 Å². The van der Waals surface area contributed by atoms with Crippen molar-refractivity contribution in [3.8, 4) is 0 Å². The van der Waals surface area contributed by atoms with Gasteiger partial charge in [0.1, 0.15) is 5.82 Å². The number of nitrogens with one attached hydrogen (secondary N) is 2. The van der Waals surface area contributed by atoms with Gasteiger partial charge < -0.3 is 10.6 Å². The van der Waals surface area contributed by atoms with Gasteiger partial charge >= 0.3 is 0 Å². The Morgan fingerprint density at radius 1 is 1.33 bits per heavy atom. The lowest BCUT2D eigenvalue weighted by molar-refractivity contribution is -0.112.